The van der Waals surface area contributed by atoms with E-state index in [0.29, 0.717) is 0 Å². The highest BCUT2D eigenvalue weighted by Gasteiger charge is 2.30. The molecule has 2 rings (SSSR count). The fraction of sp³-hybridized carbons (Fsp3) is 0.222. The first-order valence-electron chi connectivity index (χ1n) is 4.43. The molecule has 0 aromatic heterocycles. The van der Waals surface area contributed by atoms with Gasteiger partial charge in [-0.2, -0.15) is 13.1 Å². The van der Waals surface area contributed by atoms with Crippen molar-refractivity contribution in [1.82, 2.24) is 4.72 Å². The van der Waals surface area contributed by atoms with Gasteiger partial charge in [0.05, 0.1) is 0 Å². The molecule has 1 unspecified atom stereocenters. The van der Waals surface area contributed by atoms with Crippen LogP contribution in [-0.4, -0.2) is 14.3 Å². The van der Waals surface area contributed by atoms with Crippen molar-refractivity contribution in [2.75, 3.05) is 0 Å². The predicted molar refractivity (Wildman–Crippen MR) is 57.6 cm³/mol. The molecule has 0 fully saturated rings. The van der Waals surface area contributed by atoms with Gasteiger partial charge < -0.3 is 5.73 Å². The van der Waals surface area contributed by atoms with Crippen LogP contribution < -0.4 is 10.5 Å². The summed E-state index contributed by atoms with van der Waals surface area (Å²) in [7, 11) is -3.60. The van der Waals surface area contributed by atoms with E-state index in [4.69, 9.17) is 5.73 Å². The molecule has 1 aliphatic heterocycles. The van der Waals surface area contributed by atoms with Crippen LogP contribution in [0.3, 0.4) is 0 Å². The van der Waals surface area contributed by atoms with E-state index in [1.54, 1.807) is 0 Å². The molecule has 1 aromatic rings. The van der Waals surface area contributed by atoms with Crippen LogP contribution >= 0.6 is 0 Å². The van der Waals surface area contributed by atoms with Crippen molar-refractivity contribution in [3.63, 3.8) is 0 Å². The molecule has 3 N–H and O–H groups in total. The topological polar surface area (TPSA) is 84.5 Å². The number of nitrogens with two attached hydrogens (primary N) is 1. The summed E-state index contributed by atoms with van der Waals surface area (Å²) in [6.07, 6.45) is 0. The van der Waals surface area contributed by atoms with Crippen LogP contribution in [0.25, 0.3) is 0 Å². The second kappa shape index (κ2) is 3.32. The lowest BCUT2D eigenvalue weighted by Gasteiger charge is -2.12. The van der Waals surface area contributed by atoms with Gasteiger partial charge in [-0.1, -0.05) is 24.3 Å². The van der Waals surface area contributed by atoms with Gasteiger partial charge in [-0.25, -0.2) is 0 Å². The zero-order valence-corrected chi connectivity index (χ0v) is 8.95. The van der Waals surface area contributed by atoms with Crippen LogP contribution in [0.2, 0.25) is 0 Å². The Balaban J connectivity index is 2.44. The maximum absolute atomic E-state index is 11.2. The molecule has 0 bridgehead atoms. The van der Waals surface area contributed by atoms with E-state index in [2.05, 4.69) is 9.12 Å². The van der Waals surface area contributed by atoms with Crippen molar-refractivity contribution in [1.29, 1.82) is 0 Å². The van der Waals surface area contributed by atoms with E-state index in [0.717, 1.165) is 11.1 Å². The maximum atomic E-state index is 11.2. The number of hydrogen-bond acceptors (Lipinski definition) is 3. The number of nitrogens with one attached hydrogen (secondary N) is 1. The molecule has 0 amide bonds. The molecule has 0 saturated heterocycles. The Morgan fingerprint density at radius 3 is 2.60 bits per heavy atom. The maximum Gasteiger partial charge on any atom is 0.322 e. The van der Waals surface area contributed by atoms with Gasteiger partial charge in [0, 0.05) is 0 Å². The summed E-state index contributed by atoms with van der Waals surface area (Å²) in [6, 6.07) is 6.92. The molecule has 0 radical (unpaired) electrons. The van der Waals surface area contributed by atoms with Crippen molar-refractivity contribution in [3.8, 4) is 0 Å². The highest BCUT2D eigenvalue weighted by Crippen LogP contribution is 2.22. The van der Waals surface area contributed by atoms with Gasteiger partial charge in [0.15, 0.2) is 0 Å². The third-order valence-corrected chi connectivity index (χ3v) is 3.27. The summed E-state index contributed by atoms with van der Waals surface area (Å²) in [5, 5.41) is 0. The normalized spacial score (nSPS) is 23.8. The lowest BCUT2D eigenvalue weighted by Crippen LogP contribution is -2.28. The Hall–Kier alpha value is -1.40. The summed E-state index contributed by atoms with van der Waals surface area (Å²) in [5.74, 6) is 0.0873. The second-order valence-electron chi connectivity index (χ2n) is 3.40. The minimum Gasteiger partial charge on any atom is -0.385 e. The van der Waals surface area contributed by atoms with E-state index >= 15 is 0 Å². The summed E-state index contributed by atoms with van der Waals surface area (Å²) in [5.41, 5.74) is 7.37. The van der Waals surface area contributed by atoms with Gasteiger partial charge in [0.25, 0.3) is 0 Å². The van der Waals surface area contributed by atoms with Gasteiger partial charge in [0.2, 0.25) is 0 Å². The Kier molecular flexibility index (Phi) is 2.24. The Morgan fingerprint density at radius 2 is 2.07 bits per heavy atom. The van der Waals surface area contributed by atoms with Crippen molar-refractivity contribution in [2.45, 2.75) is 13.0 Å². The Bertz CT molecular complexity index is 522. The van der Waals surface area contributed by atoms with E-state index in [1.807, 2.05) is 31.2 Å². The standard InChI is InChI=1S/C9H11N3O2S/c1-6-4-2-3-5-7(6)8-9(10)12-15(13,14)11-8/h2-5,8,11H,1H3,(H2,10,12). The van der Waals surface area contributed by atoms with E-state index in [1.165, 1.54) is 0 Å². The molecule has 15 heavy (non-hydrogen) atoms. The first-order valence-corrected chi connectivity index (χ1v) is 5.87. The average molecular weight is 225 g/mol. The first-order chi connectivity index (χ1) is 6.99. The molecule has 1 aromatic carbocycles. The Morgan fingerprint density at radius 1 is 1.40 bits per heavy atom. The third kappa shape index (κ3) is 1.86. The molecule has 0 aliphatic carbocycles. The summed E-state index contributed by atoms with van der Waals surface area (Å²) in [4.78, 5) is 0. The average Bonchev–Trinajstić information content (AvgIpc) is 2.40. The van der Waals surface area contributed by atoms with Gasteiger partial charge in [-0.15, -0.1) is 4.40 Å². The fourth-order valence-corrected chi connectivity index (χ4v) is 2.54. The molecule has 1 atom stereocenters. The predicted octanol–water partition coefficient (Wildman–Crippen LogP) is 0.241. The molecule has 0 saturated carbocycles. The molecule has 5 nitrogen and oxygen atoms in total. The second-order valence-corrected chi connectivity index (χ2v) is 4.77. The summed E-state index contributed by atoms with van der Waals surface area (Å²) in [6.45, 7) is 1.90. The van der Waals surface area contributed by atoms with Gasteiger partial charge in [0.1, 0.15) is 11.9 Å². The van der Waals surface area contributed by atoms with Crippen molar-refractivity contribution in [2.24, 2.45) is 10.1 Å². The fourth-order valence-electron chi connectivity index (χ4n) is 1.56. The van der Waals surface area contributed by atoms with Gasteiger partial charge in [-0.3, -0.25) is 0 Å². The first kappa shape index (κ1) is 10.1. The number of hydrogen-bond donors (Lipinski definition) is 2. The molecule has 80 valence electrons. The molecular formula is C9H11N3O2S. The zero-order chi connectivity index (χ0) is 11.1. The van der Waals surface area contributed by atoms with E-state index in [9.17, 15) is 8.42 Å². The van der Waals surface area contributed by atoms with E-state index in [-0.39, 0.29) is 5.84 Å². The summed E-state index contributed by atoms with van der Waals surface area (Å²) >= 11 is 0. The van der Waals surface area contributed by atoms with E-state index < -0.39 is 16.3 Å². The largest absolute Gasteiger partial charge is 0.385 e. The van der Waals surface area contributed by atoms with Gasteiger partial charge in [-0.05, 0) is 18.1 Å². The molecule has 6 heteroatoms. The van der Waals surface area contributed by atoms with Crippen molar-refractivity contribution < 1.29 is 8.42 Å². The molecule has 0 spiro atoms. The highest BCUT2D eigenvalue weighted by molar-refractivity contribution is 7.88. The number of amidine groups is 1. The lowest BCUT2D eigenvalue weighted by atomic mass is 10.0. The quantitative estimate of drug-likeness (QED) is 0.718. The highest BCUT2D eigenvalue weighted by atomic mass is 32.2. The van der Waals surface area contributed by atoms with Crippen LogP contribution in [0, 0.1) is 6.92 Å². The number of benzene rings is 1. The minimum absolute atomic E-state index is 0.0873. The Labute approximate surface area is 88.2 Å². The molecule has 1 heterocycles. The van der Waals surface area contributed by atoms with Crippen LogP contribution in [0.5, 0.6) is 0 Å². The lowest BCUT2D eigenvalue weighted by molar-refractivity contribution is 0.585. The van der Waals surface area contributed by atoms with Crippen LogP contribution in [-0.2, 0) is 10.2 Å². The van der Waals surface area contributed by atoms with Crippen molar-refractivity contribution in [3.05, 3.63) is 35.4 Å². The number of aryl methyl sites for hydroxylation is 1. The van der Waals surface area contributed by atoms with Crippen LogP contribution in [0.1, 0.15) is 17.2 Å². The van der Waals surface area contributed by atoms with Crippen LogP contribution in [0.15, 0.2) is 28.7 Å². The molecule has 1 aliphatic rings. The monoisotopic (exact) mass is 225 g/mol. The zero-order valence-electron chi connectivity index (χ0n) is 8.14. The number of rotatable bonds is 1. The van der Waals surface area contributed by atoms with Crippen molar-refractivity contribution >= 4 is 16.0 Å². The third-order valence-electron chi connectivity index (χ3n) is 2.29. The SMILES string of the molecule is Cc1ccccc1C1NS(=O)(=O)N=C1N. The van der Waals surface area contributed by atoms with Crippen LogP contribution in [0.4, 0.5) is 0 Å². The number of nitrogens with zero attached hydrogens (tertiary/aromatic N) is 1. The molecular weight excluding hydrogens is 214 g/mol. The minimum atomic E-state index is -3.60. The summed E-state index contributed by atoms with van der Waals surface area (Å²) < 4.78 is 28.1. The smallest absolute Gasteiger partial charge is 0.322 e. The van der Waals surface area contributed by atoms with Gasteiger partial charge >= 0.3 is 10.2 Å².